The van der Waals surface area contributed by atoms with Crippen LogP contribution >= 0.6 is 15.9 Å². The van der Waals surface area contributed by atoms with Crippen LogP contribution in [-0.4, -0.2) is 24.3 Å². The summed E-state index contributed by atoms with van der Waals surface area (Å²) in [6.07, 6.45) is 10.4. The van der Waals surface area contributed by atoms with E-state index in [4.69, 9.17) is 14.5 Å². The second-order valence-corrected chi connectivity index (χ2v) is 14.8. The van der Waals surface area contributed by atoms with Crippen molar-refractivity contribution in [2.75, 3.05) is 6.61 Å². The van der Waals surface area contributed by atoms with E-state index in [1.807, 2.05) is 24.3 Å². The van der Waals surface area contributed by atoms with Crippen LogP contribution in [0, 0.1) is 46.3 Å². The fourth-order valence-corrected chi connectivity index (χ4v) is 10.2. The number of hydrogen-bond donors (Lipinski definition) is 0. The molecule has 1 heterocycles. The van der Waals surface area contributed by atoms with Gasteiger partial charge in [0.25, 0.3) is 0 Å². The first-order chi connectivity index (χ1) is 18.1. The monoisotopic (exact) mass is 584 g/mol. The Balaban J connectivity index is 1.12. The first kappa shape index (κ1) is 27.2. The third-order valence-electron chi connectivity index (χ3n) is 12.4. The minimum absolute atomic E-state index is 0.201. The van der Waals surface area contributed by atoms with Crippen molar-refractivity contribution >= 4 is 27.3 Å². The molecule has 1 spiro atoms. The number of carbonyl (C=O) groups excluding carboxylic acids is 1. The van der Waals surface area contributed by atoms with E-state index in [-0.39, 0.29) is 12.0 Å². The second-order valence-electron chi connectivity index (χ2n) is 13.9. The number of Topliss-reactive ketones (excluding diaryl/α,β-unsaturated/α-hetero) is 1. The quantitative estimate of drug-likeness (QED) is 0.333. The van der Waals surface area contributed by atoms with E-state index in [9.17, 15) is 4.79 Å². The average molecular weight is 586 g/mol. The summed E-state index contributed by atoms with van der Waals surface area (Å²) in [4.78, 5) is 24.5. The summed E-state index contributed by atoms with van der Waals surface area (Å²) in [6, 6.07) is 8.14. The maximum atomic E-state index is 12.3. The fourth-order valence-electron chi connectivity index (χ4n) is 9.98. The van der Waals surface area contributed by atoms with Crippen LogP contribution in [0.15, 0.2) is 35.3 Å². The summed E-state index contributed by atoms with van der Waals surface area (Å²) in [5, 5.41) is 0. The molecule has 6 rings (SSSR count). The maximum absolute atomic E-state index is 12.3. The van der Waals surface area contributed by atoms with Gasteiger partial charge in [0, 0.05) is 23.2 Å². The summed E-state index contributed by atoms with van der Waals surface area (Å²) in [5.41, 5.74) is 2.62. The molecule has 4 aliphatic carbocycles. The highest BCUT2D eigenvalue weighted by Crippen LogP contribution is 2.69. The van der Waals surface area contributed by atoms with Gasteiger partial charge in [-0.2, -0.15) is 0 Å². The number of hydrogen-bond acceptors (Lipinski definition) is 4. The van der Waals surface area contributed by atoms with Gasteiger partial charge in [0.2, 0.25) is 5.79 Å². The largest absolute Gasteiger partial charge is 0.344 e. The van der Waals surface area contributed by atoms with E-state index in [1.54, 1.807) is 6.92 Å². The molecule has 5 heteroatoms. The second kappa shape index (κ2) is 9.82. The van der Waals surface area contributed by atoms with Gasteiger partial charge in [-0.1, -0.05) is 55.4 Å². The first-order valence-corrected chi connectivity index (χ1v) is 15.8. The number of ether oxygens (including phenoxy) is 1. The molecule has 0 amide bonds. The molecular weight excluding hydrogens is 540 g/mol. The van der Waals surface area contributed by atoms with Crippen molar-refractivity contribution in [1.29, 1.82) is 0 Å². The lowest BCUT2D eigenvalue weighted by atomic mass is 9.44. The highest BCUT2D eigenvalue weighted by atomic mass is 79.9. The number of fused-ring (bicyclic) bond motifs is 5. The zero-order chi connectivity index (χ0) is 26.9. The Labute approximate surface area is 237 Å². The molecule has 4 nitrogen and oxygen atoms in total. The van der Waals surface area contributed by atoms with Crippen molar-refractivity contribution in [1.82, 2.24) is 0 Å². The van der Waals surface area contributed by atoms with Crippen molar-refractivity contribution in [3.8, 4) is 0 Å². The predicted molar refractivity (Wildman–Crippen MR) is 153 cm³/mol. The summed E-state index contributed by atoms with van der Waals surface area (Å²) in [6.45, 7) is 13.9. The Hall–Kier alpha value is -1.01. The van der Waals surface area contributed by atoms with E-state index in [0.717, 1.165) is 52.6 Å². The Morgan fingerprint density at radius 2 is 1.74 bits per heavy atom. The summed E-state index contributed by atoms with van der Waals surface area (Å²) < 4.78 is 7.56. The van der Waals surface area contributed by atoms with Crippen LogP contribution in [0.2, 0.25) is 0 Å². The molecule has 0 aromatic heterocycles. The average Bonchev–Trinajstić information content (AvgIpc) is 3.26. The van der Waals surface area contributed by atoms with Crippen molar-refractivity contribution < 1.29 is 19.3 Å². The maximum Gasteiger partial charge on any atom is 0.202 e. The van der Waals surface area contributed by atoms with Gasteiger partial charge in [0.1, 0.15) is 11.9 Å². The van der Waals surface area contributed by atoms with Crippen LogP contribution in [0.4, 0.5) is 0 Å². The lowest BCUT2D eigenvalue weighted by Gasteiger charge is -2.62. The molecule has 5 fully saturated rings. The topological polar surface area (TPSA) is 44.8 Å². The zero-order valence-electron chi connectivity index (χ0n) is 23.6. The molecule has 208 valence electrons. The van der Waals surface area contributed by atoms with E-state index in [1.165, 1.54) is 38.5 Å². The Kier molecular flexibility index (Phi) is 7.02. The standard InChI is InChI=1S/C33H45BrO4/c1-20(22(3)35)27-12-13-28-26-11-8-24-18-33(17-16-31(24,4)29(26)14-15-32(27,28)5)36-19-30(37-38-33)21(2)23-6-9-25(34)10-7-23/h6-7,9-10,20,24,26-30H,2,8,11-19H2,1,3-5H3/t20-,24-,26+,27-,28+,29+,30+,31+,32-,33+/m1/s1. The van der Waals surface area contributed by atoms with Gasteiger partial charge in [-0.05, 0) is 116 Å². The van der Waals surface area contributed by atoms with E-state index in [2.05, 4.69) is 43.3 Å². The van der Waals surface area contributed by atoms with Crippen molar-refractivity contribution in [2.24, 2.45) is 46.3 Å². The van der Waals surface area contributed by atoms with Crippen LogP contribution < -0.4 is 0 Å². The first-order valence-electron chi connectivity index (χ1n) is 15.0. The molecule has 5 aliphatic rings. The highest BCUT2D eigenvalue weighted by Gasteiger charge is 2.63. The molecule has 0 bridgehead atoms. The van der Waals surface area contributed by atoms with Crippen LogP contribution in [-0.2, 0) is 19.3 Å². The summed E-state index contributed by atoms with van der Waals surface area (Å²) >= 11 is 3.50. The zero-order valence-corrected chi connectivity index (χ0v) is 25.2. The number of rotatable bonds is 4. The van der Waals surface area contributed by atoms with Gasteiger partial charge in [-0.3, -0.25) is 4.79 Å². The summed E-state index contributed by atoms with van der Waals surface area (Å²) in [7, 11) is 0. The van der Waals surface area contributed by atoms with Crippen molar-refractivity contribution in [2.45, 2.75) is 97.4 Å². The molecule has 0 unspecified atom stereocenters. The van der Waals surface area contributed by atoms with E-state index in [0.29, 0.717) is 35.1 Å². The molecule has 1 aliphatic heterocycles. The summed E-state index contributed by atoms with van der Waals surface area (Å²) in [5.74, 6) is 3.48. The predicted octanol–water partition coefficient (Wildman–Crippen LogP) is 8.39. The third-order valence-corrected chi connectivity index (χ3v) is 12.9. The molecule has 0 N–H and O–H groups in total. The molecule has 10 atom stereocenters. The number of benzene rings is 1. The smallest absolute Gasteiger partial charge is 0.202 e. The van der Waals surface area contributed by atoms with Crippen LogP contribution in [0.25, 0.3) is 5.57 Å². The number of halogens is 1. The minimum Gasteiger partial charge on any atom is -0.344 e. The Bertz CT molecular complexity index is 1070. The lowest BCUT2D eigenvalue weighted by molar-refractivity contribution is -0.489. The lowest BCUT2D eigenvalue weighted by Crippen LogP contribution is -2.58. The number of carbonyl (C=O) groups is 1. The third kappa shape index (κ3) is 4.30. The van der Waals surface area contributed by atoms with Crippen molar-refractivity contribution in [3.05, 3.63) is 40.9 Å². The van der Waals surface area contributed by atoms with Crippen molar-refractivity contribution in [3.63, 3.8) is 0 Å². The van der Waals surface area contributed by atoms with Gasteiger partial charge in [0.05, 0.1) is 6.61 Å². The highest BCUT2D eigenvalue weighted by molar-refractivity contribution is 9.10. The molecule has 4 saturated carbocycles. The fraction of sp³-hybridized carbons (Fsp3) is 0.727. The van der Waals surface area contributed by atoms with Gasteiger partial charge >= 0.3 is 0 Å². The molecule has 0 radical (unpaired) electrons. The Morgan fingerprint density at radius 3 is 2.42 bits per heavy atom. The van der Waals surface area contributed by atoms with Crippen LogP contribution in [0.5, 0.6) is 0 Å². The van der Waals surface area contributed by atoms with Gasteiger partial charge in [-0.15, -0.1) is 0 Å². The van der Waals surface area contributed by atoms with Crippen LogP contribution in [0.1, 0.15) is 91.0 Å². The van der Waals surface area contributed by atoms with Crippen LogP contribution in [0.3, 0.4) is 0 Å². The molecule has 1 aromatic carbocycles. The van der Waals surface area contributed by atoms with E-state index < -0.39 is 5.79 Å². The SMILES string of the molecule is C=C(c1ccc(Br)cc1)[C@@H]1CO[C@@]2(CC[C@@]3(C)[C@H](CC[C@@H]4[C@@H]3CC[C@]3(C)[C@@H]([C@H](C)C(C)=O)CC[C@@H]43)C2)OO1. The number of ketones is 1. The minimum atomic E-state index is -0.619. The molecule has 38 heavy (non-hydrogen) atoms. The van der Waals surface area contributed by atoms with Gasteiger partial charge in [0.15, 0.2) is 0 Å². The molecule has 1 aromatic rings. The molecule has 1 saturated heterocycles. The van der Waals surface area contributed by atoms with Gasteiger partial charge < -0.3 is 4.74 Å². The van der Waals surface area contributed by atoms with Gasteiger partial charge in [-0.25, -0.2) is 9.78 Å². The van der Waals surface area contributed by atoms with E-state index >= 15 is 0 Å². The Morgan fingerprint density at radius 1 is 1.00 bits per heavy atom. The normalized spacial score (nSPS) is 45.1. The molecular formula is C33H45BrO4.